The monoisotopic (exact) mass is 251 g/mol. The molecule has 2 N–H and O–H groups in total. The first-order chi connectivity index (χ1) is 8.85. The number of ether oxygens (including phenoxy) is 1. The Kier molecular flexibility index (Phi) is 4.58. The van der Waals surface area contributed by atoms with E-state index in [2.05, 4.69) is 25.5 Å². The van der Waals surface area contributed by atoms with E-state index in [1.54, 1.807) is 7.11 Å². The zero-order valence-corrected chi connectivity index (χ0v) is 11.1. The lowest BCUT2D eigenvalue weighted by molar-refractivity contribution is 0.352. The van der Waals surface area contributed by atoms with Crippen molar-refractivity contribution in [1.29, 1.82) is 0 Å². The van der Waals surface area contributed by atoms with Crippen molar-refractivity contribution in [2.24, 2.45) is 0 Å². The first-order valence-electron chi connectivity index (χ1n) is 6.38. The van der Waals surface area contributed by atoms with Gasteiger partial charge in [0.15, 0.2) is 11.6 Å². The van der Waals surface area contributed by atoms with Crippen molar-refractivity contribution in [2.75, 3.05) is 51.0 Å². The van der Waals surface area contributed by atoms with E-state index in [4.69, 9.17) is 4.74 Å². The second kappa shape index (κ2) is 6.39. The van der Waals surface area contributed by atoms with Crippen LogP contribution in [-0.4, -0.2) is 55.2 Å². The third-order valence-electron chi connectivity index (χ3n) is 3.16. The fourth-order valence-electron chi connectivity index (χ4n) is 2.21. The Hall–Kier alpha value is -1.56. The van der Waals surface area contributed by atoms with Crippen LogP contribution in [0.5, 0.6) is 5.75 Å². The molecule has 18 heavy (non-hydrogen) atoms. The second-order valence-corrected chi connectivity index (χ2v) is 4.33. The third-order valence-corrected chi connectivity index (χ3v) is 3.16. The number of nitrogens with zero attached hydrogens (tertiary/aromatic N) is 3. The molecular weight excluding hydrogens is 230 g/mol. The van der Waals surface area contributed by atoms with Crippen LogP contribution < -0.4 is 15.4 Å². The van der Waals surface area contributed by atoms with E-state index >= 15 is 0 Å². The molecule has 1 fully saturated rings. The number of hydrogen-bond donors (Lipinski definition) is 2. The topological polar surface area (TPSA) is 62.3 Å². The van der Waals surface area contributed by atoms with Crippen molar-refractivity contribution < 1.29 is 4.74 Å². The summed E-state index contributed by atoms with van der Waals surface area (Å²) in [6, 6.07) is 0. The van der Waals surface area contributed by atoms with E-state index in [0.29, 0.717) is 11.6 Å². The molecule has 1 aromatic heterocycles. The highest BCUT2D eigenvalue weighted by atomic mass is 16.5. The van der Waals surface area contributed by atoms with Crippen LogP contribution in [0.1, 0.15) is 12.8 Å². The van der Waals surface area contributed by atoms with E-state index in [9.17, 15) is 0 Å². The first kappa shape index (κ1) is 12.9. The molecule has 0 saturated carbocycles. The quantitative estimate of drug-likeness (QED) is 0.787. The van der Waals surface area contributed by atoms with Crippen molar-refractivity contribution >= 4 is 11.6 Å². The molecule has 0 amide bonds. The van der Waals surface area contributed by atoms with E-state index < -0.39 is 0 Å². The fourth-order valence-corrected chi connectivity index (χ4v) is 2.21. The average molecular weight is 251 g/mol. The maximum absolute atomic E-state index is 5.33. The van der Waals surface area contributed by atoms with Crippen LogP contribution in [0.15, 0.2) is 6.33 Å². The number of likely N-dealkylation sites (tertiary alicyclic amines) is 1. The van der Waals surface area contributed by atoms with Gasteiger partial charge in [0, 0.05) is 20.1 Å². The van der Waals surface area contributed by atoms with Gasteiger partial charge in [0.05, 0.1) is 7.11 Å². The molecule has 2 heterocycles. The molecule has 1 aliphatic rings. The van der Waals surface area contributed by atoms with Gasteiger partial charge in [-0.2, -0.15) is 0 Å². The summed E-state index contributed by atoms with van der Waals surface area (Å²) in [6.45, 7) is 4.34. The predicted octanol–water partition coefficient (Wildman–Crippen LogP) is 1.03. The molecule has 6 nitrogen and oxygen atoms in total. The summed E-state index contributed by atoms with van der Waals surface area (Å²) in [5.74, 6) is 2.12. The Morgan fingerprint density at radius 2 is 2.00 bits per heavy atom. The third kappa shape index (κ3) is 3.01. The Morgan fingerprint density at radius 3 is 2.67 bits per heavy atom. The highest BCUT2D eigenvalue weighted by Gasteiger charge is 2.13. The van der Waals surface area contributed by atoms with Crippen LogP contribution in [0, 0.1) is 0 Å². The maximum atomic E-state index is 5.33. The lowest BCUT2D eigenvalue weighted by atomic mass is 10.4. The summed E-state index contributed by atoms with van der Waals surface area (Å²) in [7, 11) is 3.45. The minimum Gasteiger partial charge on any atom is -0.490 e. The number of hydrogen-bond acceptors (Lipinski definition) is 6. The highest BCUT2D eigenvalue weighted by Crippen LogP contribution is 2.28. The van der Waals surface area contributed by atoms with Crippen molar-refractivity contribution in [3.63, 3.8) is 0 Å². The summed E-state index contributed by atoms with van der Waals surface area (Å²) in [4.78, 5) is 10.8. The van der Waals surface area contributed by atoms with Crippen molar-refractivity contribution in [1.82, 2.24) is 14.9 Å². The van der Waals surface area contributed by atoms with Crippen LogP contribution >= 0.6 is 0 Å². The van der Waals surface area contributed by atoms with Gasteiger partial charge in [-0.3, -0.25) is 0 Å². The molecule has 0 aliphatic carbocycles. The van der Waals surface area contributed by atoms with Gasteiger partial charge in [-0.15, -0.1) is 0 Å². The number of aromatic nitrogens is 2. The molecule has 0 spiro atoms. The van der Waals surface area contributed by atoms with Crippen LogP contribution in [0.4, 0.5) is 11.6 Å². The molecule has 0 atom stereocenters. The summed E-state index contributed by atoms with van der Waals surface area (Å²) in [6.07, 6.45) is 4.17. The Bertz CT molecular complexity index is 379. The standard InChI is InChI=1S/C12H21N5O/c1-13-11-10(18-2)12(16-9-15-11)14-5-8-17-6-3-4-7-17/h9H,3-8H2,1-2H3,(H2,13,14,15,16). The number of anilines is 2. The molecule has 0 bridgehead atoms. The smallest absolute Gasteiger partial charge is 0.204 e. The molecule has 0 radical (unpaired) electrons. The van der Waals surface area contributed by atoms with E-state index in [-0.39, 0.29) is 0 Å². The molecular formula is C12H21N5O. The zero-order valence-electron chi connectivity index (χ0n) is 11.1. The SMILES string of the molecule is CNc1ncnc(NCCN2CCCC2)c1OC. The summed E-state index contributed by atoms with van der Waals surface area (Å²) >= 11 is 0. The predicted molar refractivity (Wildman–Crippen MR) is 72.3 cm³/mol. The van der Waals surface area contributed by atoms with Gasteiger partial charge in [0.1, 0.15) is 6.33 Å². The highest BCUT2D eigenvalue weighted by molar-refractivity contribution is 5.63. The van der Waals surface area contributed by atoms with E-state index in [0.717, 1.165) is 18.9 Å². The van der Waals surface area contributed by atoms with Gasteiger partial charge >= 0.3 is 0 Å². The fraction of sp³-hybridized carbons (Fsp3) is 0.667. The summed E-state index contributed by atoms with van der Waals surface area (Å²) < 4.78 is 5.33. The summed E-state index contributed by atoms with van der Waals surface area (Å²) in [5.41, 5.74) is 0. The van der Waals surface area contributed by atoms with Crippen molar-refractivity contribution in [3.8, 4) is 5.75 Å². The number of rotatable bonds is 6. The largest absolute Gasteiger partial charge is 0.490 e. The number of nitrogens with one attached hydrogen (secondary N) is 2. The van der Waals surface area contributed by atoms with E-state index in [1.807, 2.05) is 7.05 Å². The van der Waals surface area contributed by atoms with Crippen LogP contribution in [0.2, 0.25) is 0 Å². The molecule has 1 aromatic rings. The molecule has 0 unspecified atom stereocenters. The zero-order chi connectivity index (χ0) is 12.8. The van der Waals surface area contributed by atoms with Gasteiger partial charge in [0.2, 0.25) is 5.75 Å². The lowest BCUT2D eigenvalue weighted by Gasteiger charge is -2.16. The van der Waals surface area contributed by atoms with Crippen molar-refractivity contribution in [3.05, 3.63) is 6.33 Å². The first-order valence-corrected chi connectivity index (χ1v) is 6.38. The van der Waals surface area contributed by atoms with Crippen molar-refractivity contribution in [2.45, 2.75) is 12.8 Å². The molecule has 2 rings (SSSR count). The molecule has 100 valence electrons. The van der Waals surface area contributed by atoms with Gasteiger partial charge in [-0.1, -0.05) is 0 Å². The normalized spacial score (nSPS) is 15.7. The van der Waals surface area contributed by atoms with Crippen LogP contribution in [-0.2, 0) is 0 Å². The maximum Gasteiger partial charge on any atom is 0.204 e. The van der Waals surface area contributed by atoms with Gasteiger partial charge in [-0.25, -0.2) is 9.97 Å². The number of methoxy groups -OCH3 is 1. The van der Waals surface area contributed by atoms with Gasteiger partial charge < -0.3 is 20.3 Å². The molecule has 0 aromatic carbocycles. The molecule has 6 heteroatoms. The Labute approximate surface area is 108 Å². The summed E-state index contributed by atoms with van der Waals surface area (Å²) in [5, 5.41) is 6.30. The molecule has 1 aliphatic heterocycles. The van der Waals surface area contributed by atoms with E-state index in [1.165, 1.54) is 32.3 Å². The Balaban J connectivity index is 1.91. The van der Waals surface area contributed by atoms with Gasteiger partial charge in [-0.05, 0) is 25.9 Å². The second-order valence-electron chi connectivity index (χ2n) is 4.33. The Morgan fingerprint density at radius 1 is 1.28 bits per heavy atom. The van der Waals surface area contributed by atoms with Gasteiger partial charge in [0.25, 0.3) is 0 Å². The lowest BCUT2D eigenvalue weighted by Crippen LogP contribution is -2.26. The molecule has 1 saturated heterocycles. The van der Waals surface area contributed by atoms with Crippen LogP contribution in [0.25, 0.3) is 0 Å². The minimum absolute atomic E-state index is 0.668. The van der Waals surface area contributed by atoms with Crippen LogP contribution in [0.3, 0.4) is 0 Å². The minimum atomic E-state index is 0.668. The average Bonchev–Trinajstić information content (AvgIpc) is 2.91.